The zero-order chi connectivity index (χ0) is 16.7. The van der Waals surface area contributed by atoms with Crippen LogP contribution in [0.1, 0.15) is 5.56 Å². The molecule has 0 aliphatic carbocycles. The highest BCUT2D eigenvalue weighted by Crippen LogP contribution is 2.16. The number of hydrogen-bond acceptors (Lipinski definition) is 3. The van der Waals surface area contributed by atoms with Crippen LogP contribution in [0, 0.1) is 0 Å². The minimum Gasteiger partial charge on any atom is -0.375 e. The van der Waals surface area contributed by atoms with E-state index in [9.17, 15) is 18.0 Å². The molecule has 0 saturated carbocycles. The summed E-state index contributed by atoms with van der Waals surface area (Å²) in [6, 6.07) is 9.97. The van der Waals surface area contributed by atoms with Gasteiger partial charge in [0.25, 0.3) is 5.78 Å². The number of carbonyl (C=O) groups is 1. The number of ketones is 1. The average molecular weight is 324 g/mol. The summed E-state index contributed by atoms with van der Waals surface area (Å²) in [5.41, 5.74) is 1.14. The lowest BCUT2D eigenvalue weighted by Crippen LogP contribution is -2.44. The van der Waals surface area contributed by atoms with Crippen LogP contribution in [0.25, 0.3) is 6.08 Å². The minimum atomic E-state index is -4.79. The Morgan fingerprint density at radius 1 is 1.09 bits per heavy atom. The number of carbonyl (C=O) groups excluding carboxylic acids is 1. The Bertz CT molecular complexity index is 559. The number of benzene rings is 1. The quantitative estimate of drug-likeness (QED) is 0.778. The van der Waals surface area contributed by atoms with Gasteiger partial charge in [0.05, 0.1) is 0 Å². The predicted molar refractivity (Wildman–Crippen MR) is 83.7 cm³/mol. The van der Waals surface area contributed by atoms with Crippen LogP contribution in [0.3, 0.4) is 0 Å². The molecular formula is C17H19F3N2O. The molecule has 0 amide bonds. The highest BCUT2D eigenvalue weighted by Gasteiger charge is 2.36. The maximum atomic E-state index is 12.1. The Labute approximate surface area is 133 Å². The molecule has 1 fully saturated rings. The smallest absolute Gasteiger partial charge is 0.375 e. The number of rotatable bonds is 5. The van der Waals surface area contributed by atoms with Gasteiger partial charge in [-0.05, 0) is 5.56 Å². The van der Waals surface area contributed by atoms with E-state index in [2.05, 4.69) is 11.0 Å². The van der Waals surface area contributed by atoms with Crippen LogP contribution in [0.15, 0.2) is 48.7 Å². The van der Waals surface area contributed by atoms with Crippen LogP contribution in [0.2, 0.25) is 0 Å². The molecule has 1 aliphatic heterocycles. The Morgan fingerprint density at radius 2 is 1.74 bits per heavy atom. The normalized spacial score (nSPS) is 17.3. The van der Waals surface area contributed by atoms with Gasteiger partial charge in [-0.2, -0.15) is 13.2 Å². The van der Waals surface area contributed by atoms with E-state index in [1.54, 1.807) is 4.90 Å². The first-order valence-corrected chi connectivity index (χ1v) is 7.42. The summed E-state index contributed by atoms with van der Waals surface area (Å²) in [6.45, 7) is 3.53. The monoisotopic (exact) mass is 324 g/mol. The van der Waals surface area contributed by atoms with Crippen molar-refractivity contribution in [1.29, 1.82) is 0 Å². The molecule has 0 atom stereocenters. The van der Waals surface area contributed by atoms with E-state index < -0.39 is 12.0 Å². The molecule has 1 saturated heterocycles. The van der Waals surface area contributed by atoms with E-state index in [1.807, 2.05) is 36.4 Å². The van der Waals surface area contributed by atoms with Gasteiger partial charge in [0.1, 0.15) is 0 Å². The molecule has 1 aliphatic rings. The van der Waals surface area contributed by atoms with Gasteiger partial charge < -0.3 is 4.90 Å². The van der Waals surface area contributed by atoms with Gasteiger partial charge in [0, 0.05) is 45.0 Å². The topological polar surface area (TPSA) is 23.6 Å². The van der Waals surface area contributed by atoms with Gasteiger partial charge in [-0.15, -0.1) is 0 Å². The first-order valence-electron chi connectivity index (χ1n) is 7.42. The van der Waals surface area contributed by atoms with Gasteiger partial charge in [-0.1, -0.05) is 42.5 Å². The summed E-state index contributed by atoms with van der Waals surface area (Å²) in [5, 5.41) is 0. The molecule has 3 nitrogen and oxygen atoms in total. The maximum Gasteiger partial charge on any atom is 0.454 e. The highest BCUT2D eigenvalue weighted by atomic mass is 19.4. The summed E-state index contributed by atoms with van der Waals surface area (Å²) >= 11 is 0. The Kier molecular flexibility index (Phi) is 5.98. The van der Waals surface area contributed by atoms with E-state index in [4.69, 9.17) is 0 Å². The van der Waals surface area contributed by atoms with Crippen LogP contribution < -0.4 is 0 Å². The second-order valence-corrected chi connectivity index (χ2v) is 5.33. The largest absolute Gasteiger partial charge is 0.454 e. The van der Waals surface area contributed by atoms with Gasteiger partial charge in [-0.25, -0.2) is 0 Å². The molecule has 1 aromatic rings. The lowest BCUT2D eigenvalue weighted by atomic mass is 10.2. The third-order valence-corrected chi connectivity index (χ3v) is 3.60. The van der Waals surface area contributed by atoms with Crippen molar-refractivity contribution in [2.45, 2.75) is 6.18 Å². The number of piperazine rings is 1. The maximum absolute atomic E-state index is 12.1. The van der Waals surface area contributed by atoms with Crippen LogP contribution in [0.5, 0.6) is 0 Å². The van der Waals surface area contributed by atoms with Gasteiger partial charge >= 0.3 is 6.18 Å². The van der Waals surface area contributed by atoms with Crippen molar-refractivity contribution in [1.82, 2.24) is 9.80 Å². The van der Waals surface area contributed by atoms with E-state index in [1.165, 1.54) is 6.20 Å². The zero-order valence-corrected chi connectivity index (χ0v) is 12.7. The van der Waals surface area contributed by atoms with Crippen LogP contribution >= 0.6 is 0 Å². The summed E-state index contributed by atoms with van der Waals surface area (Å²) in [7, 11) is 0. The molecule has 0 spiro atoms. The standard InChI is InChI=1S/C17H19F3N2O/c18-17(19,20)16(23)8-10-22-13-11-21(12-14-22)9-4-7-15-5-2-1-3-6-15/h1-8,10H,9,11-14H2/b7-4+,10-8+. The molecule has 124 valence electrons. The first kappa shape index (κ1) is 17.3. The molecule has 6 heteroatoms. The molecule has 23 heavy (non-hydrogen) atoms. The molecule has 0 aromatic heterocycles. The summed E-state index contributed by atoms with van der Waals surface area (Å²) in [5.74, 6) is -1.81. The molecule has 1 aromatic carbocycles. The van der Waals surface area contributed by atoms with Crippen molar-refractivity contribution < 1.29 is 18.0 Å². The Hall–Kier alpha value is -2.08. The van der Waals surface area contributed by atoms with Crippen LogP contribution in [-0.2, 0) is 4.79 Å². The fourth-order valence-electron chi connectivity index (χ4n) is 2.26. The fourth-order valence-corrected chi connectivity index (χ4v) is 2.26. The number of hydrogen-bond donors (Lipinski definition) is 0. The number of halogens is 3. The van der Waals surface area contributed by atoms with Gasteiger partial charge in [0.15, 0.2) is 0 Å². The van der Waals surface area contributed by atoms with Crippen LogP contribution in [0.4, 0.5) is 13.2 Å². The predicted octanol–water partition coefficient (Wildman–Crippen LogP) is 2.96. The molecule has 2 rings (SSSR count). The van der Waals surface area contributed by atoms with Crippen molar-refractivity contribution in [3.63, 3.8) is 0 Å². The van der Waals surface area contributed by atoms with E-state index in [0.717, 1.165) is 25.2 Å². The third-order valence-electron chi connectivity index (χ3n) is 3.60. The van der Waals surface area contributed by atoms with Crippen molar-refractivity contribution in [2.24, 2.45) is 0 Å². The molecule has 1 heterocycles. The summed E-state index contributed by atoms with van der Waals surface area (Å²) in [6.07, 6.45) is 1.18. The van der Waals surface area contributed by atoms with E-state index in [0.29, 0.717) is 19.2 Å². The molecule has 0 radical (unpaired) electrons. The van der Waals surface area contributed by atoms with Crippen molar-refractivity contribution in [2.75, 3.05) is 32.7 Å². The number of allylic oxidation sites excluding steroid dienone is 1. The second-order valence-electron chi connectivity index (χ2n) is 5.33. The SMILES string of the molecule is O=C(/C=C/N1CCN(C/C=C/c2ccccc2)CC1)C(F)(F)F. The summed E-state index contributed by atoms with van der Waals surface area (Å²) < 4.78 is 36.3. The van der Waals surface area contributed by atoms with E-state index in [-0.39, 0.29) is 0 Å². The fraction of sp³-hybridized carbons (Fsp3) is 0.353. The van der Waals surface area contributed by atoms with Crippen molar-refractivity contribution in [3.8, 4) is 0 Å². The molecular weight excluding hydrogens is 305 g/mol. The van der Waals surface area contributed by atoms with Crippen molar-refractivity contribution >= 4 is 11.9 Å². The molecule has 0 unspecified atom stereocenters. The average Bonchev–Trinajstić information content (AvgIpc) is 2.54. The van der Waals surface area contributed by atoms with Crippen molar-refractivity contribution in [3.05, 3.63) is 54.2 Å². The van der Waals surface area contributed by atoms with E-state index >= 15 is 0 Å². The molecule has 0 N–H and O–H groups in total. The second kappa shape index (κ2) is 7.97. The first-order chi connectivity index (χ1) is 10.9. The van der Waals surface area contributed by atoms with Gasteiger partial charge in [-0.3, -0.25) is 9.69 Å². The lowest BCUT2D eigenvalue weighted by molar-refractivity contribution is -0.165. The highest BCUT2D eigenvalue weighted by molar-refractivity contribution is 5.94. The minimum absolute atomic E-state index is 0.602. The Balaban J connectivity index is 1.73. The van der Waals surface area contributed by atoms with Crippen LogP contribution in [-0.4, -0.2) is 54.5 Å². The summed E-state index contributed by atoms with van der Waals surface area (Å²) in [4.78, 5) is 14.7. The lowest BCUT2D eigenvalue weighted by Gasteiger charge is -2.33. The Morgan fingerprint density at radius 3 is 2.35 bits per heavy atom. The van der Waals surface area contributed by atoms with Gasteiger partial charge in [0.2, 0.25) is 0 Å². The third kappa shape index (κ3) is 5.90. The number of alkyl halides is 3. The zero-order valence-electron chi connectivity index (χ0n) is 12.7. The molecule has 0 bridgehead atoms. The number of nitrogens with zero attached hydrogens (tertiary/aromatic N) is 2.